The van der Waals surface area contributed by atoms with Crippen molar-refractivity contribution in [3.63, 3.8) is 0 Å². The van der Waals surface area contributed by atoms with Crippen LogP contribution in [0.4, 0.5) is 0 Å². The van der Waals surface area contributed by atoms with Crippen molar-refractivity contribution in [3.05, 3.63) is 46.6 Å². The minimum absolute atomic E-state index is 0.442. The normalized spacial score (nSPS) is 23.8. The van der Waals surface area contributed by atoms with Crippen molar-refractivity contribution in [2.45, 2.75) is 172 Å². The maximum absolute atomic E-state index is 2.50. The molecule has 0 aliphatic heterocycles. The number of rotatable bonds is 17. The molecule has 0 saturated heterocycles. The van der Waals surface area contributed by atoms with Crippen molar-refractivity contribution in [2.24, 2.45) is 34.5 Å². The molecule has 0 radical (unpaired) electrons. The molecule has 2 aliphatic carbocycles. The average molecular weight is 551 g/mol. The molecular weight excluding hydrogens is 480 g/mol. The van der Waals surface area contributed by atoms with E-state index in [0.717, 1.165) is 23.7 Å². The molecule has 2 aliphatic rings. The van der Waals surface area contributed by atoms with Crippen LogP contribution in [0.5, 0.6) is 0 Å². The van der Waals surface area contributed by atoms with Crippen LogP contribution in [0.2, 0.25) is 0 Å². The smallest absolute Gasteiger partial charge is 0.0142 e. The topological polar surface area (TPSA) is 0 Å². The van der Waals surface area contributed by atoms with Gasteiger partial charge in [-0.1, -0.05) is 127 Å². The van der Waals surface area contributed by atoms with Gasteiger partial charge in [0.15, 0.2) is 0 Å². The second kappa shape index (κ2) is 17.2. The van der Waals surface area contributed by atoms with Crippen LogP contribution in [0.3, 0.4) is 0 Å². The Morgan fingerprint density at radius 1 is 0.900 bits per heavy atom. The molecule has 0 aromatic carbocycles. The summed E-state index contributed by atoms with van der Waals surface area (Å²) in [4.78, 5) is 0. The Morgan fingerprint density at radius 3 is 2.27 bits per heavy atom. The van der Waals surface area contributed by atoms with E-state index in [4.69, 9.17) is 0 Å². The van der Waals surface area contributed by atoms with E-state index in [1.165, 1.54) is 103 Å². The van der Waals surface area contributed by atoms with Crippen molar-refractivity contribution in [3.8, 4) is 0 Å². The zero-order valence-electron chi connectivity index (χ0n) is 28.9. The minimum atomic E-state index is 0.442. The molecule has 4 atom stereocenters. The van der Waals surface area contributed by atoms with Crippen LogP contribution in [-0.2, 0) is 0 Å². The molecule has 0 amide bonds. The lowest BCUT2D eigenvalue weighted by molar-refractivity contribution is 0.193. The summed E-state index contributed by atoms with van der Waals surface area (Å²) in [5.74, 6) is 3.29. The Labute approximate surface area is 252 Å². The predicted octanol–water partition coefficient (Wildman–Crippen LogP) is 13.6. The Bertz CT molecular complexity index is 856. The maximum atomic E-state index is 2.50. The van der Waals surface area contributed by atoms with Gasteiger partial charge in [0.05, 0.1) is 0 Å². The van der Waals surface area contributed by atoms with Gasteiger partial charge in [-0.25, -0.2) is 0 Å². The van der Waals surface area contributed by atoms with Crippen molar-refractivity contribution in [1.29, 1.82) is 0 Å². The minimum Gasteiger partial charge on any atom is -0.0853 e. The molecule has 2 rings (SSSR count). The van der Waals surface area contributed by atoms with E-state index in [-0.39, 0.29) is 0 Å². The molecule has 0 saturated carbocycles. The lowest BCUT2D eigenvalue weighted by atomic mass is 9.66. The fourth-order valence-corrected chi connectivity index (χ4v) is 7.87. The molecule has 3 unspecified atom stereocenters. The molecule has 230 valence electrons. The second-order valence-corrected chi connectivity index (χ2v) is 16.0. The Hall–Kier alpha value is -1.04. The van der Waals surface area contributed by atoms with E-state index < -0.39 is 0 Å². The first-order valence-corrected chi connectivity index (χ1v) is 17.5. The summed E-state index contributed by atoms with van der Waals surface area (Å²) in [6.45, 7) is 24.4. The third-order valence-corrected chi connectivity index (χ3v) is 11.0. The highest BCUT2D eigenvalue weighted by Gasteiger charge is 2.32. The molecule has 0 N–H and O–H groups in total. The highest BCUT2D eigenvalue weighted by Crippen LogP contribution is 2.44. The largest absolute Gasteiger partial charge is 0.0853 e. The molecule has 0 aromatic heterocycles. The van der Waals surface area contributed by atoms with Crippen LogP contribution in [0, 0.1) is 34.5 Å². The Kier molecular flexibility index (Phi) is 15.1. The van der Waals surface area contributed by atoms with Gasteiger partial charge in [0.1, 0.15) is 0 Å². The summed E-state index contributed by atoms with van der Waals surface area (Å²) in [6, 6.07) is 0. The number of hydrogen-bond acceptors (Lipinski definition) is 0. The van der Waals surface area contributed by atoms with Crippen molar-refractivity contribution in [1.82, 2.24) is 0 Å². The summed E-state index contributed by atoms with van der Waals surface area (Å²) in [5, 5.41) is 0. The second-order valence-electron chi connectivity index (χ2n) is 16.0. The molecule has 0 spiro atoms. The van der Waals surface area contributed by atoms with Gasteiger partial charge in [-0.05, 0) is 126 Å². The fraction of sp³-hybridized carbons (Fsp3) is 0.800. The zero-order chi connectivity index (χ0) is 29.8. The van der Waals surface area contributed by atoms with Gasteiger partial charge in [-0.2, -0.15) is 0 Å². The van der Waals surface area contributed by atoms with Gasteiger partial charge >= 0.3 is 0 Å². The van der Waals surface area contributed by atoms with E-state index in [1.54, 1.807) is 22.3 Å². The monoisotopic (exact) mass is 551 g/mol. The van der Waals surface area contributed by atoms with Crippen molar-refractivity contribution in [2.75, 3.05) is 0 Å². The number of allylic oxidation sites excluding steroid dienone is 8. The average Bonchev–Trinajstić information content (AvgIpc) is 2.85. The van der Waals surface area contributed by atoms with Gasteiger partial charge in [0.25, 0.3) is 0 Å². The molecule has 0 heterocycles. The first kappa shape index (κ1) is 35.2. The SMILES string of the molecule is CC1=CCCC(C)(C)[C@H]1CCC(C)CCC/C(C)=C/C=C/CC(C)CCCC(C)CCC1=C(C)CCCC1(C)C. The fourth-order valence-electron chi connectivity index (χ4n) is 7.87. The summed E-state index contributed by atoms with van der Waals surface area (Å²) in [5.41, 5.74) is 7.61. The van der Waals surface area contributed by atoms with Crippen LogP contribution in [0.1, 0.15) is 172 Å². The van der Waals surface area contributed by atoms with Gasteiger partial charge < -0.3 is 0 Å². The first-order chi connectivity index (χ1) is 18.8. The molecular formula is C40H70. The number of hydrogen-bond donors (Lipinski definition) is 0. The maximum Gasteiger partial charge on any atom is -0.0142 e. The summed E-state index contributed by atoms with van der Waals surface area (Å²) < 4.78 is 0. The van der Waals surface area contributed by atoms with Crippen molar-refractivity contribution < 1.29 is 0 Å². The molecule has 0 aromatic rings. The van der Waals surface area contributed by atoms with Gasteiger partial charge in [0, 0.05) is 0 Å². The Balaban J connectivity index is 1.56. The van der Waals surface area contributed by atoms with Crippen LogP contribution in [0.25, 0.3) is 0 Å². The van der Waals surface area contributed by atoms with Crippen LogP contribution < -0.4 is 0 Å². The van der Waals surface area contributed by atoms with Crippen LogP contribution in [-0.4, -0.2) is 0 Å². The van der Waals surface area contributed by atoms with E-state index >= 15 is 0 Å². The lowest BCUT2D eigenvalue weighted by Crippen LogP contribution is -2.28. The summed E-state index contributed by atoms with van der Waals surface area (Å²) >= 11 is 0. The summed E-state index contributed by atoms with van der Waals surface area (Å²) in [6.07, 6.45) is 31.2. The first-order valence-electron chi connectivity index (χ1n) is 17.5. The van der Waals surface area contributed by atoms with Gasteiger partial charge in [0.2, 0.25) is 0 Å². The van der Waals surface area contributed by atoms with Crippen LogP contribution in [0.15, 0.2) is 46.6 Å². The molecule has 0 nitrogen and oxygen atoms in total. The Morgan fingerprint density at radius 2 is 1.57 bits per heavy atom. The molecule has 40 heavy (non-hydrogen) atoms. The third-order valence-electron chi connectivity index (χ3n) is 11.0. The summed E-state index contributed by atoms with van der Waals surface area (Å²) in [7, 11) is 0. The molecule has 0 heteroatoms. The highest BCUT2D eigenvalue weighted by molar-refractivity contribution is 5.22. The molecule has 0 fully saturated rings. The van der Waals surface area contributed by atoms with Crippen LogP contribution >= 0.6 is 0 Å². The zero-order valence-corrected chi connectivity index (χ0v) is 28.9. The highest BCUT2D eigenvalue weighted by atomic mass is 14.4. The lowest BCUT2D eigenvalue weighted by Gasteiger charge is -2.39. The van der Waals surface area contributed by atoms with Crippen molar-refractivity contribution >= 4 is 0 Å². The predicted molar refractivity (Wildman–Crippen MR) is 182 cm³/mol. The van der Waals surface area contributed by atoms with E-state index in [9.17, 15) is 0 Å². The van der Waals surface area contributed by atoms with E-state index in [2.05, 4.69) is 93.5 Å². The molecule has 0 bridgehead atoms. The quantitative estimate of drug-likeness (QED) is 0.125. The van der Waals surface area contributed by atoms with E-state index in [1.807, 2.05) is 0 Å². The van der Waals surface area contributed by atoms with Gasteiger partial charge in [-0.15, -0.1) is 0 Å². The van der Waals surface area contributed by atoms with Gasteiger partial charge in [-0.3, -0.25) is 0 Å². The third kappa shape index (κ3) is 12.4. The standard InChI is InChI=1S/C40H70/c1-31(19-13-21-33(3)25-27-37-35(5)23-15-29-39(37,7)8)17-11-12-18-32(2)20-14-22-34(4)26-28-38-36(6)24-16-30-40(38,9)10/h11-12,17,23,32-34,37H,13-16,18-22,24-30H2,1-10H3/b12-11+,31-17+/t32?,33?,34?,37-/m0/s1. The van der Waals surface area contributed by atoms with E-state index in [0.29, 0.717) is 10.8 Å².